The number of fused-ring (bicyclic) bond motifs is 1. The third-order valence-electron chi connectivity index (χ3n) is 4.85. The molecule has 4 rings (SSSR count). The molecular formula is C21H24Cl2N4O3. The number of H-pyrrole nitrogens is 1. The highest BCUT2D eigenvalue weighted by molar-refractivity contribution is 6.46. The number of nitrogens with zero attached hydrogens (tertiary/aromatic N) is 2. The zero-order valence-corrected chi connectivity index (χ0v) is 18.6. The van der Waals surface area contributed by atoms with Crippen molar-refractivity contribution in [1.82, 2.24) is 14.8 Å². The maximum absolute atomic E-state index is 12.4. The van der Waals surface area contributed by atoms with Crippen molar-refractivity contribution in [2.75, 3.05) is 11.9 Å². The summed E-state index contributed by atoms with van der Waals surface area (Å²) in [6.07, 6.45) is 8.05. The lowest BCUT2D eigenvalue weighted by molar-refractivity contribution is -0.0394. The Morgan fingerprint density at radius 2 is 2.17 bits per heavy atom. The number of halogens is 2. The normalized spacial score (nSPS) is 17.3. The Hall–Kier alpha value is -2.22. The first kappa shape index (κ1) is 21.0. The van der Waals surface area contributed by atoms with Crippen LogP contribution in [0.1, 0.15) is 46.3 Å². The van der Waals surface area contributed by atoms with Crippen LogP contribution in [0.15, 0.2) is 24.7 Å². The van der Waals surface area contributed by atoms with E-state index in [4.69, 9.17) is 32.7 Å². The molecule has 1 aromatic carbocycles. The van der Waals surface area contributed by atoms with Crippen LogP contribution in [-0.4, -0.2) is 33.1 Å². The quantitative estimate of drug-likeness (QED) is 0.484. The van der Waals surface area contributed by atoms with E-state index in [2.05, 4.69) is 15.4 Å². The lowest BCUT2D eigenvalue weighted by Gasteiger charge is -2.22. The topological polar surface area (TPSA) is 81.2 Å². The summed E-state index contributed by atoms with van der Waals surface area (Å²) >= 11 is 12.7. The van der Waals surface area contributed by atoms with Crippen LogP contribution in [0.2, 0.25) is 10.0 Å². The molecule has 0 spiro atoms. The Kier molecular flexibility index (Phi) is 5.70. The van der Waals surface area contributed by atoms with E-state index in [1.54, 1.807) is 33.0 Å². The summed E-state index contributed by atoms with van der Waals surface area (Å²) in [4.78, 5) is 15.6. The summed E-state index contributed by atoms with van der Waals surface area (Å²) in [5.41, 5.74) is 2.23. The monoisotopic (exact) mass is 450 g/mol. The lowest BCUT2D eigenvalue weighted by Crippen LogP contribution is -2.27. The highest BCUT2D eigenvalue weighted by atomic mass is 35.5. The standard InChI is InChI=1S/C21H24Cl2N4O3/c1-21(2,3)30-20(28)26-15-8-14(22)18(23)19-17(15)13(10-24-19)12-9-25-27(11-12)16-6-4-5-7-29-16/h8-11,16,24H,4-7H2,1-3H3,(H,26,28). The van der Waals surface area contributed by atoms with Gasteiger partial charge in [0.25, 0.3) is 0 Å². The molecule has 1 unspecified atom stereocenters. The Morgan fingerprint density at radius 1 is 1.37 bits per heavy atom. The van der Waals surface area contributed by atoms with Crippen LogP contribution in [-0.2, 0) is 9.47 Å². The van der Waals surface area contributed by atoms with Crippen molar-refractivity contribution >= 4 is 45.9 Å². The summed E-state index contributed by atoms with van der Waals surface area (Å²) in [6, 6.07) is 1.63. The predicted octanol–water partition coefficient (Wildman–Crippen LogP) is 6.38. The van der Waals surface area contributed by atoms with Gasteiger partial charge in [-0.05, 0) is 46.1 Å². The predicted molar refractivity (Wildman–Crippen MR) is 118 cm³/mol. The van der Waals surface area contributed by atoms with Crippen LogP contribution in [0.3, 0.4) is 0 Å². The molecule has 1 aliphatic heterocycles. The molecule has 1 aliphatic rings. The molecule has 30 heavy (non-hydrogen) atoms. The molecule has 0 bridgehead atoms. The highest BCUT2D eigenvalue weighted by Gasteiger charge is 2.22. The zero-order chi connectivity index (χ0) is 21.5. The van der Waals surface area contributed by atoms with E-state index >= 15 is 0 Å². The maximum Gasteiger partial charge on any atom is 0.412 e. The minimum Gasteiger partial charge on any atom is -0.444 e. The molecule has 2 aromatic heterocycles. The molecule has 3 heterocycles. The zero-order valence-electron chi connectivity index (χ0n) is 17.1. The highest BCUT2D eigenvalue weighted by Crippen LogP contribution is 2.41. The number of nitrogens with one attached hydrogen (secondary N) is 2. The number of rotatable bonds is 3. The Balaban J connectivity index is 1.73. The van der Waals surface area contributed by atoms with Gasteiger partial charge in [-0.2, -0.15) is 5.10 Å². The molecule has 1 saturated heterocycles. The van der Waals surface area contributed by atoms with Gasteiger partial charge in [0, 0.05) is 35.5 Å². The Labute approximate surface area is 184 Å². The van der Waals surface area contributed by atoms with Gasteiger partial charge in [0.2, 0.25) is 0 Å². The van der Waals surface area contributed by atoms with E-state index in [0.29, 0.717) is 21.2 Å². The van der Waals surface area contributed by atoms with Gasteiger partial charge < -0.3 is 14.5 Å². The number of ether oxygens (including phenoxy) is 2. The van der Waals surface area contributed by atoms with Gasteiger partial charge in [-0.25, -0.2) is 9.48 Å². The van der Waals surface area contributed by atoms with Crippen molar-refractivity contribution in [2.24, 2.45) is 0 Å². The van der Waals surface area contributed by atoms with Crippen molar-refractivity contribution in [2.45, 2.75) is 51.9 Å². The molecule has 0 radical (unpaired) electrons. The molecule has 1 fully saturated rings. The molecule has 0 saturated carbocycles. The van der Waals surface area contributed by atoms with Crippen LogP contribution in [0.25, 0.3) is 22.0 Å². The first-order valence-corrected chi connectivity index (χ1v) is 10.6. The number of aromatic amines is 1. The first-order valence-electron chi connectivity index (χ1n) is 9.88. The summed E-state index contributed by atoms with van der Waals surface area (Å²) in [7, 11) is 0. The number of amides is 1. The molecule has 3 aromatic rings. The minimum absolute atomic E-state index is 0.0601. The minimum atomic E-state index is -0.623. The number of carbonyl (C=O) groups is 1. The summed E-state index contributed by atoms with van der Waals surface area (Å²) in [5, 5.41) is 8.74. The van der Waals surface area contributed by atoms with Crippen molar-refractivity contribution < 1.29 is 14.3 Å². The smallest absolute Gasteiger partial charge is 0.412 e. The van der Waals surface area contributed by atoms with Crippen molar-refractivity contribution in [3.05, 3.63) is 34.7 Å². The van der Waals surface area contributed by atoms with Gasteiger partial charge in [0.1, 0.15) is 11.8 Å². The maximum atomic E-state index is 12.4. The van der Waals surface area contributed by atoms with E-state index in [1.807, 2.05) is 17.1 Å². The van der Waals surface area contributed by atoms with E-state index < -0.39 is 11.7 Å². The molecule has 1 amide bonds. The molecule has 0 aliphatic carbocycles. The average Bonchev–Trinajstić information content (AvgIpc) is 3.32. The van der Waals surface area contributed by atoms with Gasteiger partial charge >= 0.3 is 6.09 Å². The van der Waals surface area contributed by atoms with Crippen molar-refractivity contribution in [1.29, 1.82) is 0 Å². The third kappa shape index (κ3) is 4.29. The lowest BCUT2D eigenvalue weighted by atomic mass is 10.1. The van der Waals surface area contributed by atoms with Gasteiger partial charge in [-0.3, -0.25) is 5.32 Å². The third-order valence-corrected chi connectivity index (χ3v) is 5.64. The Morgan fingerprint density at radius 3 is 2.87 bits per heavy atom. The van der Waals surface area contributed by atoms with E-state index in [9.17, 15) is 4.79 Å². The van der Waals surface area contributed by atoms with Crippen molar-refractivity contribution in [3.63, 3.8) is 0 Å². The first-order chi connectivity index (χ1) is 14.2. The van der Waals surface area contributed by atoms with Gasteiger partial charge in [0.05, 0.1) is 27.4 Å². The molecule has 1 atom stereocenters. The molecule has 160 valence electrons. The molecule has 7 nitrogen and oxygen atoms in total. The van der Waals surface area contributed by atoms with Gasteiger partial charge in [-0.1, -0.05) is 23.2 Å². The number of aromatic nitrogens is 3. The fourth-order valence-corrected chi connectivity index (χ4v) is 3.97. The van der Waals surface area contributed by atoms with E-state index in [1.165, 1.54) is 0 Å². The second-order valence-electron chi connectivity index (χ2n) is 8.33. The fraction of sp³-hybridized carbons (Fsp3) is 0.429. The van der Waals surface area contributed by atoms with Crippen LogP contribution >= 0.6 is 23.2 Å². The summed E-state index contributed by atoms with van der Waals surface area (Å²) in [5.74, 6) is 0. The second-order valence-corrected chi connectivity index (χ2v) is 9.11. The number of benzene rings is 1. The van der Waals surface area contributed by atoms with Crippen LogP contribution in [0.4, 0.5) is 10.5 Å². The molecule has 9 heteroatoms. The van der Waals surface area contributed by atoms with Gasteiger partial charge in [0.15, 0.2) is 0 Å². The van der Waals surface area contributed by atoms with E-state index in [0.717, 1.165) is 42.4 Å². The van der Waals surface area contributed by atoms with Crippen molar-refractivity contribution in [3.8, 4) is 11.1 Å². The fourth-order valence-electron chi connectivity index (χ4n) is 3.56. The number of hydrogen-bond acceptors (Lipinski definition) is 4. The Bertz CT molecular complexity index is 1080. The van der Waals surface area contributed by atoms with Crippen LogP contribution in [0, 0.1) is 0 Å². The van der Waals surface area contributed by atoms with Gasteiger partial charge in [-0.15, -0.1) is 0 Å². The second kappa shape index (κ2) is 8.13. The average molecular weight is 451 g/mol. The number of carbonyl (C=O) groups excluding carboxylic acids is 1. The number of anilines is 1. The van der Waals surface area contributed by atoms with E-state index in [-0.39, 0.29) is 6.23 Å². The molecule has 2 N–H and O–H groups in total. The van der Waals surface area contributed by atoms with Crippen LogP contribution in [0.5, 0.6) is 0 Å². The van der Waals surface area contributed by atoms with Crippen LogP contribution < -0.4 is 5.32 Å². The summed E-state index contributed by atoms with van der Waals surface area (Å²) < 4.78 is 13.1. The SMILES string of the molecule is CC(C)(C)OC(=O)Nc1cc(Cl)c(Cl)c2[nH]cc(-c3cnn(C4CCCCO4)c3)c12. The largest absolute Gasteiger partial charge is 0.444 e. The number of hydrogen-bond donors (Lipinski definition) is 2. The molecular weight excluding hydrogens is 427 g/mol. The summed E-state index contributed by atoms with van der Waals surface area (Å²) in [6.45, 7) is 6.16.